The van der Waals surface area contributed by atoms with Crippen molar-refractivity contribution >= 4 is 5.97 Å². The third-order valence-corrected chi connectivity index (χ3v) is 2.88. The van der Waals surface area contributed by atoms with E-state index < -0.39 is 5.97 Å². The van der Waals surface area contributed by atoms with E-state index in [0.717, 1.165) is 16.7 Å². The summed E-state index contributed by atoms with van der Waals surface area (Å²) in [6.45, 7) is 3.38. The van der Waals surface area contributed by atoms with E-state index >= 15 is 0 Å². The lowest BCUT2D eigenvalue weighted by Crippen LogP contribution is -2.10. The molecular weight excluding hydrogens is 252 g/mol. The van der Waals surface area contributed by atoms with Crippen molar-refractivity contribution in [1.82, 2.24) is 0 Å². The average Bonchev–Trinajstić information content (AvgIpc) is 2.47. The van der Waals surface area contributed by atoms with Gasteiger partial charge in [-0.05, 0) is 35.2 Å². The molecule has 0 saturated carbocycles. The number of carbonyl (C=O) groups is 1. The molecule has 0 fully saturated rings. The van der Waals surface area contributed by atoms with Gasteiger partial charge in [-0.2, -0.15) is 0 Å². The van der Waals surface area contributed by atoms with E-state index in [4.69, 9.17) is 9.84 Å². The first-order valence-electron chi connectivity index (χ1n) is 6.34. The zero-order valence-electron chi connectivity index (χ0n) is 11.1. The molecule has 3 nitrogen and oxygen atoms in total. The third-order valence-electron chi connectivity index (χ3n) is 2.88. The summed E-state index contributed by atoms with van der Waals surface area (Å²) in [6, 6.07) is 15.8. The van der Waals surface area contributed by atoms with Gasteiger partial charge in [-0.3, -0.25) is 0 Å². The molecule has 0 unspecified atom stereocenters. The lowest BCUT2D eigenvalue weighted by atomic mass is 10.0. The van der Waals surface area contributed by atoms with E-state index in [1.165, 1.54) is 0 Å². The molecule has 102 valence electrons. The van der Waals surface area contributed by atoms with Gasteiger partial charge in [0, 0.05) is 0 Å². The molecule has 0 amide bonds. The molecule has 0 spiro atoms. The SMILES string of the molecule is C=CCc1cc(-c2ccccc2)ccc1OCC(=O)O. The van der Waals surface area contributed by atoms with Gasteiger partial charge in [-0.1, -0.05) is 42.5 Å². The summed E-state index contributed by atoms with van der Waals surface area (Å²) in [6.07, 6.45) is 2.41. The van der Waals surface area contributed by atoms with Crippen molar-refractivity contribution in [3.05, 3.63) is 66.7 Å². The highest BCUT2D eigenvalue weighted by Gasteiger charge is 2.07. The van der Waals surface area contributed by atoms with E-state index in [9.17, 15) is 4.79 Å². The highest BCUT2D eigenvalue weighted by molar-refractivity contribution is 5.69. The second-order valence-electron chi connectivity index (χ2n) is 4.36. The molecule has 0 aliphatic heterocycles. The van der Waals surface area contributed by atoms with Gasteiger partial charge in [0.1, 0.15) is 5.75 Å². The first-order chi connectivity index (χ1) is 9.70. The molecule has 0 bridgehead atoms. The zero-order chi connectivity index (χ0) is 14.4. The minimum absolute atomic E-state index is 0.338. The second-order valence-corrected chi connectivity index (χ2v) is 4.36. The Morgan fingerprint density at radius 3 is 2.55 bits per heavy atom. The van der Waals surface area contributed by atoms with Crippen molar-refractivity contribution in [2.45, 2.75) is 6.42 Å². The van der Waals surface area contributed by atoms with Crippen molar-refractivity contribution < 1.29 is 14.6 Å². The number of ether oxygens (including phenoxy) is 1. The number of hydrogen-bond donors (Lipinski definition) is 1. The fourth-order valence-electron chi connectivity index (χ4n) is 1.98. The number of benzene rings is 2. The maximum atomic E-state index is 10.6. The molecular formula is C17H16O3. The van der Waals surface area contributed by atoms with Gasteiger partial charge in [0.2, 0.25) is 0 Å². The van der Waals surface area contributed by atoms with Crippen LogP contribution in [-0.2, 0) is 11.2 Å². The quantitative estimate of drug-likeness (QED) is 0.815. The monoisotopic (exact) mass is 268 g/mol. The lowest BCUT2D eigenvalue weighted by molar-refractivity contribution is -0.139. The van der Waals surface area contributed by atoms with Crippen molar-refractivity contribution in [3.63, 3.8) is 0 Å². The number of hydrogen-bond acceptors (Lipinski definition) is 2. The summed E-state index contributed by atoms with van der Waals surface area (Å²) in [5, 5.41) is 8.68. The Morgan fingerprint density at radius 1 is 1.15 bits per heavy atom. The molecule has 0 atom stereocenters. The van der Waals surface area contributed by atoms with E-state index in [1.54, 1.807) is 6.08 Å². The molecule has 0 saturated heterocycles. The number of allylic oxidation sites excluding steroid dienone is 1. The molecule has 3 heteroatoms. The van der Waals surface area contributed by atoms with Crippen LogP contribution in [0.1, 0.15) is 5.56 Å². The summed E-state index contributed by atoms with van der Waals surface area (Å²) in [7, 11) is 0. The third kappa shape index (κ3) is 3.48. The Labute approximate surface area is 118 Å². The van der Waals surface area contributed by atoms with Crippen LogP contribution in [0.3, 0.4) is 0 Å². The van der Waals surface area contributed by atoms with Crippen LogP contribution < -0.4 is 4.74 Å². The molecule has 0 aromatic heterocycles. The molecule has 0 radical (unpaired) electrons. The van der Waals surface area contributed by atoms with Crippen molar-refractivity contribution in [2.24, 2.45) is 0 Å². The second kappa shape index (κ2) is 6.57. The maximum absolute atomic E-state index is 10.6. The van der Waals surface area contributed by atoms with Crippen molar-refractivity contribution in [3.8, 4) is 16.9 Å². The van der Waals surface area contributed by atoms with Gasteiger partial charge < -0.3 is 9.84 Å². The van der Waals surface area contributed by atoms with Crippen LogP contribution >= 0.6 is 0 Å². The molecule has 0 aliphatic rings. The summed E-state index contributed by atoms with van der Waals surface area (Å²) >= 11 is 0. The molecule has 0 heterocycles. The predicted molar refractivity (Wildman–Crippen MR) is 78.9 cm³/mol. The van der Waals surface area contributed by atoms with Crippen molar-refractivity contribution in [1.29, 1.82) is 0 Å². The van der Waals surface area contributed by atoms with Crippen LogP contribution in [0.15, 0.2) is 61.2 Å². The van der Waals surface area contributed by atoms with Gasteiger partial charge in [-0.15, -0.1) is 6.58 Å². The highest BCUT2D eigenvalue weighted by Crippen LogP contribution is 2.27. The van der Waals surface area contributed by atoms with Gasteiger partial charge in [0.25, 0.3) is 0 Å². The van der Waals surface area contributed by atoms with Crippen LogP contribution in [0, 0.1) is 0 Å². The fraction of sp³-hybridized carbons (Fsp3) is 0.118. The minimum atomic E-state index is -0.985. The van der Waals surface area contributed by atoms with E-state index in [-0.39, 0.29) is 6.61 Å². The van der Waals surface area contributed by atoms with Crippen LogP contribution in [0.4, 0.5) is 0 Å². The normalized spacial score (nSPS) is 10.0. The van der Waals surface area contributed by atoms with Crippen LogP contribution in [0.25, 0.3) is 11.1 Å². The molecule has 0 aliphatic carbocycles. The number of rotatable bonds is 6. The summed E-state index contributed by atoms with van der Waals surface area (Å²) in [5.74, 6) is -0.395. The van der Waals surface area contributed by atoms with Gasteiger partial charge in [0.15, 0.2) is 6.61 Å². The summed E-state index contributed by atoms with van der Waals surface area (Å²) < 4.78 is 5.29. The Morgan fingerprint density at radius 2 is 1.90 bits per heavy atom. The first-order valence-corrected chi connectivity index (χ1v) is 6.34. The number of aliphatic carboxylic acids is 1. The maximum Gasteiger partial charge on any atom is 0.341 e. The topological polar surface area (TPSA) is 46.5 Å². The molecule has 2 aromatic rings. The molecule has 1 N–H and O–H groups in total. The first kappa shape index (κ1) is 13.9. The average molecular weight is 268 g/mol. The summed E-state index contributed by atoms with van der Waals surface area (Å²) in [4.78, 5) is 10.6. The fourth-order valence-corrected chi connectivity index (χ4v) is 1.98. The number of carboxylic acid groups (broad SMARTS) is 1. The minimum Gasteiger partial charge on any atom is -0.482 e. The van der Waals surface area contributed by atoms with Crippen molar-refractivity contribution in [2.75, 3.05) is 6.61 Å². The van der Waals surface area contributed by atoms with Gasteiger partial charge in [-0.25, -0.2) is 4.79 Å². The summed E-state index contributed by atoms with van der Waals surface area (Å²) in [5.41, 5.74) is 3.12. The zero-order valence-corrected chi connectivity index (χ0v) is 11.1. The van der Waals surface area contributed by atoms with Gasteiger partial charge in [0.05, 0.1) is 0 Å². The van der Waals surface area contributed by atoms with Crippen LogP contribution in [0.2, 0.25) is 0 Å². The standard InChI is InChI=1S/C17H16O3/c1-2-6-15-11-14(13-7-4-3-5-8-13)9-10-16(15)20-12-17(18)19/h2-5,7-11H,1,6,12H2,(H,18,19). The largest absolute Gasteiger partial charge is 0.482 e. The Bertz CT molecular complexity index is 603. The van der Waals surface area contributed by atoms with Gasteiger partial charge >= 0.3 is 5.97 Å². The van der Waals surface area contributed by atoms with Crippen LogP contribution in [0.5, 0.6) is 5.75 Å². The van der Waals surface area contributed by atoms with E-state index in [1.807, 2.05) is 48.5 Å². The lowest BCUT2D eigenvalue weighted by Gasteiger charge is -2.11. The van der Waals surface area contributed by atoms with E-state index in [2.05, 4.69) is 6.58 Å². The Balaban J connectivity index is 2.32. The molecule has 2 rings (SSSR count). The Hall–Kier alpha value is -2.55. The highest BCUT2D eigenvalue weighted by atomic mass is 16.5. The van der Waals surface area contributed by atoms with E-state index in [0.29, 0.717) is 12.2 Å². The Kier molecular flexibility index (Phi) is 4.56. The van der Waals surface area contributed by atoms with Crippen LogP contribution in [-0.4, -0.2) is 17.7 Å². The molecule has 20 heavy (non-hydrogen) atoms. The predicted octanol–water partition coefficient (Wildman–Crippen LogP) is 3.55. The number of carboxylic acids is 1. The smallest absolute Gasteiger partial charge is 0.341 e. The molecule has 2 aromatic carbocycles.